The third kappa shape index (κ3) is 12.7. The van der Waals surface area contributed by atoms with E-state index in [9.17, 15) is 33.0 Å². The molecule has 3 amide bonds. The quantitative estimate of drug-likeness (QED) is 0.0383. The molecule has 1 fully saturated rings. The summed E-state index contributed by atoms with van der Waals surface area (Å²) in [4.78, 5) is 35.9. The second-order valence-electron chi connectivity index (χ2n) is 16.3. The van der Waals surface area contributed by atoms with Crippen molar-refractivity contribution in [1.82, 2.24) is 14.6 Å². The predicted octanol–water partition coefficient (Wildman–Crippen LogP) is 7.92. The van der Waals surface area contributed by atoms with Gasteiger partial charge in [0.15, 0.2) is 0 Å². The van der Waals surface area contributed by atoms with Crippen LogP contribution in [0.1, 0.15) is 76.9 Å². The molecule has 5 aromatic carbocycles. The van der Waals surface area contributed by atoms with Crippen LogP contribution in [0.4, 0.5) is 16.2 Å². The van der Waals surface area contributed by atoms with Gasteiger partial charge in [-0.25, -0.2) is 17.9 Å². The number of methoxy groups -OCH3 is 2. The molecule has 1 heterocycles. The van der Waals surface area contributed by atoms with E-state index in [1.165, 1.54) is 30.9 Å². The molecule has 6 N–H and O–H groups in total. The number of anilines is 2. The molecular weight excluding hydrogens is 863 g/mol. The van der Waals surface area contributed by atoms with E-state index in [-0.39, 0.29) is 34.0 Å². The van der Waals surface area contributed by atoms with Gasteiger partial charge >= 0.3 is 6.09 Å². The molecular formula is C50H57N5O10S. The van der Waals surface area contributed by atoms with Crippen LogP contribution in [-0.2, 0) is 39.4 Å². The van der Waals surface area contributed by atoms with E-state index in [1.54, 1.807) is 56.5 Å². The van der Waals surface area contributed by atoms with Crippen LogP contribution in [0.2, 0.25) is 0 Å². The van der Waals surface area contributed by atoms with Gasteiger partial charge in [-0.3, -0.25) is 14.9 Å². The van der Waals surface area contributed by atoms with E-state index < -0.39 is 28.1 Å². The summed E-state index contributed by atoms with van der Waals surface area (Å²) in [5.41, 5.74) is 6.22. The third-order valence-electron chi connectivity index (χ3n) is 11.4. The first-order chi connectivity index (χ1) is 31.7. The van der Waals surface area contributed by atoms with Crippen LogP contribution in [0.15, 0.2) is 114 Å². The first kappa shape index (κ1) is 48.6. The van der Waals surface area contributed by atoms with Crippen molar-refractivity contribution in [2.75, 3.05) is 31.4 Å². The molecule has 66 heavy (non-hydrogen) atoms. The highest BCUT2D eigenvalue weighted by Gasteiger charge is 2.23. The fourth-order valence-electron chi connectivity index (χ4n) is 7.89. The molecule has 0 aliphatic heterocycles. The number of carbonyl (C=O) groups excluding carboxylic acids is 3. The molecule has 6 aromatic rings. The molecule has 15 nitrogen and oxygen atoms in total. The average Bonchev–Trinajstić information content (AvgIpc) is 3.93. The molecule has 1 saturated carbocycles. The van der Waals surface area contributed by atoms with E-state index in [0.29, 0.717) is 41.9 Å². The number of phenolic OH excluding ortho intramolecular Hbond substituents is 1. The van der Waals surface area contributed by atoms with Crippen molar-refractivity contribution in [1.29, 1.82) is 0 Å². The van der Waals surface area contributed by atoms with E-state index in [2.05, 4.69) is 20.7 Å². The summed E-state index contributed by atoms with van der Waals surface area (Å²) in [6.45, 7) is 4.08. The van der Waals surface area contributed by atoms with Crippen molar-refractivity contribution >= 4 is 50.7 Å². The Morgan fingerprint density at radius 1 is 0.909 bits per heavy atom. The van der Waals surface area contributed by atoms with Gasteiger partial charge in [0.05, 0.1) is 30.9 Å². The zero-order valence-electron chi connectivity index (χ0n) is 37.7. The third-order valence-corrected chi connectivity index (χ3v) is 12.9. The lowest BCUT2D eigenvalue weighted by atomic mass is 10.0. The number of aromatic hydroxyl groups is 1. The summed E-state index contributed by atoms with van der Waals surface area (Å²) < 4.78 is 46.0. The monoisotopic (exact) mass is 919 g/mol. The Kier molecular flexibility index (Phi) is 16.4. The highest BCUT2D eigenvalue weighted by atomic mass is 32.2. The number of fused-ring (bicyclic) bond motifs is 1. The minimum Gasteiger partial charge on any atom is -0.506 e. The second kappa shape index (κ2) is 22.3. The maximum atomic E-state index is 12.9. The molecule has 1 aromatic heterocycles. The van der Waals surface area contributed by atoms with Crippen molar-refractivity contribution in [2.24, 2.45) is 7.05 Å². The van der Waals surface area contributed by atoms with E-state index in [1.807, 2.05) is 67.2 Å². The number of aromatic nitrogens is 1. The van der Waals surface area contributed by atoms with Crippen LogP contribution >= 0.6 is 0 Å². The Hall–Kier alpha value is -6.88. The van der Waals surface area contributed by atoms with Crippen LogP contribution in [-0.4, -0.2) is 74.5 Å². The van der Waals surface area contributed by atoms with Gasteiger partial charge in [-0.2, -0.15) is 0 Å². The van der Waals surface area contributed by atoms with Gasteiger partial charge < -0.3 is 39.6 Å². The highest BCUT2D eigenvalue weighted by molar-refractivity contribution is 7.90. The molecule has 2 atom stereocenters. The number of aliphatic hydroxyl groups is 1. The molecule has 0 bridgehead atoms. The molecule has 16 heteroatoms. The maximum Gasteiger partial charge on any atom is 0.411 e. The Morgan fingerprint density at radius 2 is 1.65 bits per heavy atom. The van der Waals surface area contributed by atoms with Crippen LogP contribution in [0.3, 0.4) is 0 Å². The summed E-state index contributed by atoms with van der Waals surface area (Å²) in [6.07, 6.45) is 6.56. The first-order valence-corrected chi connectivity index (χ1v) is 23.1. The van der Waals surface area contributed by atoms with Crippen LogP contribution in [0.5, 0.6) is 17.2 Å². The molecule has 0 radical (unpaired) electrons. The summed E-state index contributed by atoms with van der Waals surface area (Å²) >= 11 is 0. The Labute approximate surface area is 385 Å². The van der Waals surface area contributed by atoms with Crippen molar-refractivity contribution in [2.45, 2.75) is 75.5 Å². The number of hydrogen-bond acceptors (Lipinski definition) is 11. The number of sulfonamides is 1. The molecule has 7 rings (SSSR count). The topological polar surface area (TPSA) is 207 Å². The number of nitrogens with zero attached hydrogens (tertiary/aromatic N) is 1. The lowest BCUT2D eigenvalue weighted by molar-refractivity contribution is -0.105. The smallest absolute Gasteiger partial charge is 0.411 e. The molecule has 0 spiro atoms. The average molecular weight is 920 g/mol. The Bertz CT molecular complexity index is 2750. The molecule has 1 aliphatic carbocycles. The number of aryl methyl sites for hydroxylation is 2. The van der Waals surface area contributed by atoms with Crippen molar-refractivity contribution in [3.63, 3.8) is 0 Å². The highest BCUT2D eigenvalue weighted by Crippen LogP contribution is 2.31. The largest absolute Gasteiger partial charge is 0.506 e. The molecule has 1 aliphatic rings. The van der Waals surface area contributed by atoms with Crippen molar-refractivity contribution in [3.8, 4) is 17.2 Å². The summed E-state index contributed by atoms with van der Waals surface area (Å²) in [7, 11) is 1.06. The standard InChI is InChI=1S/C31H33N3O6S.C19H24N2O4/c1-20-8-4-7-11-29(20)41(37,38)33-30(35)22-13-12-21(28(17-22)39-3)16-23-19-34(2)27-15-14-24(18-26(23)27)32-31(36)40-25-9-5-6-10-25;1-13(9-14-3-6-16(25-2)7-4-14)20-11-19(24)15-5-8-18(23)17(10-15)21-12-22/h4,7-8,11-15,17-19,25H,5-6,9-10,16H2,1-3H3,(H,32,36)(H,33,35);3-8,10,12-13,19-20,23-24H,9,11H2,1-2H3,(H,21,22)/t;13-,19+/m.1/s1. The number of nitrogens with one attached hydrogen (secondary N) is 4. The van der Waals surface area contributed by atoms with Gasteiger partial charge in [0.1, 0.15) is 23.4 Å². The number of carbonyl (C=O) groups is 3. The number of benzene rings is 5. The lowest BCUT2D eigenvalue weighted by Crippen LogP contribution is -2.32. The van der Waals surface area contributed by atoms with E-state index in [4.69, 9.17) is 14.2 Å². The van der Waals surface area contributed by atoms with Crippen LogP contribution in [0, 0.1) is 6.92 Å². The molecule has 0 saturated heterocycles. The van der Waals surface area contributed by atoms with Crippen molar-refractivity contribution in [3.05, 3.63) is 143 Å². The van der Waals surface area contributed by atoms with E-state index >= 15 is 0 Å². The van der Waals surface area contributed by atoms with Crippen LogP contribution in [0.25, 0.3) is 10.9 Å². The van der Waals surface area contributed by atoms with Gasteiger partial charge in [-0.15, -0.1) is 0 Å². The number of phenols is 1. The Morgan fingerprint density at radius 3 is 2.35 bits per heavy atom. The second-order valence-corrected chi connectivity index (χ2v) is 17.9. The minimum atomic E-state index is -4.04. The summed E-state index contributed by atoms with van der Waals surface area (Å²) in [5.74, 6) is 0.497. The molecule has 348 valence electrons. The zero-order valence-corrected chi connectivity index (χ0v) is 38.5. The minimum absolute atomic E-state index is 0.0221. The van der Waals surface area contributed by atoms with Gasteiger partial charge in [0.25, 0.3) is 15.9 Å². The summed E-state index contributed by atoms with van der Waals surface area (Å²) in [6, 6.07) is 29.8. The number of aliphatic hydroxyl groups excluding tert-OH is 1. The predicted molar refractivity (Wildman–Crippen MR) is 254 cm³/mol. The Balaban J connectivity index is 0.000000247. The first-order valence-electron chi connectivity index (χ1n) is 21.6. The SMILES string of the molecule is COc1cc(C(=O)NS(=O)(=O)c2ccccc2C)ccc1Cc1cn(C)c2ccc(NC(=O)OC3CCCC3)cc12.COc1ccc(C[C@@H](C)NC[C@H](O)c2ccc(O)c(NC=O)c2)cc1. The lowest BCUT2D eigenvalue weighted by Gasteiger charge is -2.18. The van der Waals surface area contributed by atoms with Gasteiger partial charge in [-0.1, -0.05) is 42.5 Å². The van der Waals surface area contributed by atoms with Gasteiger partial charge in [-0.05, 0) is 134 Å². The number of ether oxygens (including phenoxy) is 3. The maximum absolute atomic E-state index is 12.9. The number of hydrogen-bond donors (Lipinski definition) is 6. The zero-order chi connectivity index (χ0) is 47.4. The molecule has 0 unspecified atom stereocenters. The summed E-state index contributed by atoms with van der Waals surface area (Å²) in [5, 5.41) is 29.5. The fraction of sp³-hybridized carbons (Fsp3) is 0.300. The fourth-order valence-corrected chi connectivity index (χ4v) is 9.11. The number of amides is 3. The van der Waals surface area contributed by atoms with Crippen LogP contribution < -0.4 is 30.1 Å². The van der Waals surface area contributed by atoms with Gasteiger partial charge in [0.2, 0.25) is 6.41 Å². The number of rotatable bonds is 17. The van der Waals surface area contributed by atoms with E-state index in [0.717, 1.165) is 59.9 Å². The van der Waals surface area contributed by atoms with Gasteiger partial charge in [0, 0.05) is 54.4 Å². The van der Waals surface area contributed by atoms with Crippen molar-refractivity contribution < 1.29 is 47.2 Å². The normalized spacial score (nSPS) is 13.5.